The standard InChI is InChI=1S/C16H15NO2S/c1-17-15-10-6-5-9-14(15)11-16(17)20(18,19)12-13-7-3-2-4-8-13/h2-11H,12H2,1H3. The van der Waals surface area contributed by atoms with Gasteiger partial charge in [0.1, 0.15) is 5.03 Å². The number of nitrogens with zero attached hydrogens (tertiary/aromatic N) is 1. The van der Waals surface area contributed by atoms with Gasteiger partial charge in [0.25, 0.3) is 0 Å². The molecule has 0 saturated carbocycles. The largest absolute Gasteiger partial charge is 0.335 e. The highest BCUT2D eigenvalue weighted by atomic mass is 32.2. The van der Waals surface area contributed by atoms with Gasteiger partial charge in [-0.05, 0) is 17.7 Å². The van der Waals surface area contributed by atoms with E-state index in [9.17, 15) is 8.42 Å². The van der Waals surface area contributed by atoms with Gasteiger partial charge in [-0.25, -0.2) is 8.42 Å². The highest BCUT2D eigenvalue weighted by molar-refractivity contribution is 7.90. The molecule has 2 aromatic carbocycles. The van der Waals surface area contributed by atoms with E-state index < -0.39 is 9.84 Å². The van der Waals surface area contributed by atoms with Gasteiger partial charge in [0.2, 0.25) is 0 Å². The third-order valence-electron chi connectivity index (χ3n) is 3.43. The maximum atomic E-state index is 12.6. The Kier molecular flexibility index (Phi) is 3.10. The monoisotopic (exact) mass is 285 g/mol. The molecule has 0 bridgehead atoms. The number of aryl methyl sites for hydroxylation is 1. The van der Waals surface area contributed by atoms with Crippen molar-refractivity contribution >= 4 is 20.7 Å². The fourth-order valence-corrected chi connectivity index (χ4v) is 4.03. The first-order valence-electron chi connectivity index (χ1n) is 6.39. The summed E-state index contributed by atoms with van der Waals surface area (Å²) < 4.78 is 26.9. The van der Waals surface area contributed by atoms with Crippen LogP contribution in [0.15, 0.2) is 65.7 Å². The average molecular weight is 285 g/mol. The van der Waals surface area contributed by atoms with E-state index in [1.54, 1.807) is 17.7 Å². The second-order valence-electron chi connectivity index (χ2n) is 4.85. The molecule has 0 aliphatic carbocycles. The number of hydrogen-bond donors (Lipinski definition) is 0. The summed E-state index contributed by atoms with van der Waals surface area (Å²) in [5.74, 6) is 0.0258. The number of rotatable bonds is 3. The summed E-state index contributed by atoms with van der Waals surface area (Å²) in [5, 5.41) is 1.31. The molecule has 0 saturated heterocycles. The minimum Gasteiger partial charge on any atom is -0.335 e. The van der Waals surface area contributed by atoms with E-state index in [1.807, 2.05) is 54.6 Å². The number of aromatic nitrogens is 1. The molecule has 0 atom stereocenters. The van der Waals surface area contributed by atoms with E-state index >= 15 is 0 Å². The molecule has 0 fully saturated rings. The fourth-order valence-electron chi connectivity index (χ4n) is 2.43. The second kappa shape index (κ2) is 4.80. The van der Waals surface area contributed by atoms with Crippen LogP contribution in [0.4, 0.5) is 0 Å². The van der Waals surface area contributed by atoms with Gasteiger partial charge in [-0.15, -0.1) is 0 Å². The van der Waals surface area contributed by atoms with Gasteiger partial charge >= 0.3 is 0 Å². The summed E-state index contributed by atoms with van der Waals surface area (Å²) in [7, 11) is -1.55. The third kappa shape index (κ3) is 2.23. The number of benzene rings is 2. The van der Waals surface area contributed by atoms with Crippen LogP contribution in [0, 0.1) is 0 Å². The first-order valence-corrected chi connectivity index (χ1v) is 8.04. The molecule has 102 valence electrons. The Balaban J connectivity index is 2.08. The summed E-state index contributed by atoms with van der Waals surface area (Å²) in [6, 6.07) is 18.7. The molecule has 1 aromatic heterocycles. The molecule has 0 aliphatic rings. The Labute approximate surface area is 118 Å². The van der Waals surface area contributed by atoms with Crippen LogP contribution >= 0.6 is 0 Å². The summed E-state index contributed by atoms with van der Waals surface area (Å²) in [5.41, 5.74) is 1.73. The maximum Gasteiger partial charge on any atom is 0.197 e. The summed E-state index contributed by atoms with van der Waals surface area (Å²) in [6.07, 6.45) is 0. The molecule has 0 N–H and O–H groups in total. The molecule has 3 nitrogen and oxygen atoms in total. The molecule has 0 spiro atoms. The lowest BCUT2D eigenvalue weighted by atomic mass is 10.2. The van der Waals surface area contributed by atoms with E-state index in [0.29, 0.717) is 5.03 Å². The Morgan fingerprint density at radius 1 is 0.950 bits per heavy atom. The minimum absolute atomic E-state index is 0.0258. The molecule has 0 unspecified atom stereocenters. The molecular weight excluding hydrogens is 270 g/mol. The number of fused-ring (bicyclic) bond motifs is 1. The Morgan fingerprint density at radius 3 is 2.30 bits per heavy atom. The van der Waals surface area contributed by atoms with E-state index in [4.69, 9.17) is 0 Å². The Bertz CT molecular complexity index is 849. The van der Waals surface area contributed by atoms with Crippen molar-refractivity contribution in [2.24, 2.45) is 7.05 Å². The number of hydrogen-bond acceptors (Lipinski definition) is 2. The smallest absolute Gasteiger partial charge is 0.197 e. The molecule has 0 aliphatic heterocycles. The highest BCUT2D eigenvalue weighted by Gasteiger charge is 2.20. The molecule has 3 rings (SSSR count). The van der Waals surface area contributed by atoms with Crippen LogP contribution in [0.1, 0.15) is 5.56 Å². The van der Waals surface area contributed by atoms with Crippen molar-refractivity contribution in [3.8, 4) is 0 Å². The quantitative estimate of drug-likeness (QED) is 0.741. The summed E-state index contributed by atoms with van der Waals surface area (Å²) in [6.45, 7) is 0. The van der Waals surface area contributed by atoms with Crippen molar-refractivity contribution < 1.29 is 8.42 Å². The topological polar surface area (TPSA) is 39.1 Å². The molecule has 3 aromatic rings. The van der Waals surface area contributed by atoms with E-state index in [0.717, 1.165) is 16.5 Å². The lowest BCUT2D eigenvalue weighted by Gasteiger charge is -2.06. The first kappa shape index (κ1) is 12.9. The lowest BCUT2D eigenvalue weighted by molar-refractivity contribution is 0.586. The predicted octanol–water partition coefficient (Wildman–Crippen LogP) is 3.15. The van der Waals surface area contributed by atoms with Crippen molar-refractivity contribution in [3.05, 3.63) is 66.2 Å². The van der Waals surface area contributed by atoms with Gasteiger partial charge in [0.05, 0.1) is 5.75 Å². The molecule has 0 amide bonds. The molecule has 1 heterocycles. The molecule has 4 heteroatoms. The van der Waals surface area contributed by atoms with E-state index in [-0.39, 0.29) is 5.75 Å². The van der Waals surface area contributed by atoms with Crippen molar-refractivity contribution in [3.63, 3.8) is 0 Å². The molecule has 20 heavy (non-hydrogen) atoms. The predicted molar refractivity (Wildman–Crippen MR) is 80.3 cm³/mol. The van der Waals surface area contributed by atoms with Crippen LogP contribution in [0.25, 0.3) is 10.9 Å². The normalized spacial score (nSPS) is 11.8. The van der Waals surface area contributed by atoms with Gasteiger partial charge in [-0.3, -0.25) is 0 Å². The average Bonchev–Trinajstić information content (AvgIpc) is 2.78. The van der Waals surface area contributed by atoms with Gasteiger partial charge in [-0.2, -0.15) is 0 Å². The van der Waals surface area contributed by atoms with Crippen LogP contribution in [-0.2, 0) is 22.6 Å². The van der Waals surface area contributed by atoms with Crippen LogP contribution in [-0.4, -0.2) is 13.0 Å². The fraction of sp³-hybridized carbons (Fsp3) is 0.125. The van der Waals surface area contributed by atoms with Gasteiger partial charge < -0.3 is 4.57 Å². The third-order valence-corrected chi connectivity index (χ3v) is 5.17. The van der Waals surface area contributed by atoms with Crippen molar-refractivity contribution in [2.45, 2.75) is 10.8 Å². The lowest BCUT2D eigenvalue weighted by Crippen LogP contribution is -2.09. The minimum atomic E-state index is -3.34. The Morgan fingerprint density at radius 2 is 1.60 bits per heavy atom. The van der Waals surface area contributed by atoms with Crippen LogP contribution in [0.5, 0.6) is 0 Å². The number of para-hydroxylation sites is 1. The van der Waals surface area contributed by atoms with E-state index in [2.05, 4.69) is 0 Å². The second-order valence-corrected chi connectivity index (χ2v) is 6.78. The van der Waals surface area contributed by atoms with Gasteiger partial charge in [0, 0.05) is 18.0 Å². The zero-order chi connectivity index (χ0) is 14.2. The first-order chi connectivity index (χ1) is 9.58. The molecule has 0 radical (unpaired) electrons. The van der Waals surface area contributed by atoms with Crippen LogP contribution in [0.2, 0.25) is 0 Å². The summed E-state index contributed by atoms with van der Waals surface area (Å²) in [4.78, 5) is 0. The zero-order valence-corrected chi connectivity index (χ0v) is 12.0. The van der Waals surface area contributed by atoms with Crippen molar-refractivity contribution in [1.82, 2.24) is 4.57 Å². The number of sulfone groups is 1. The maximum absolute atomic E-state index is 12.6. The van der Waals surface area contributed by atoms with E-state index in [1.165, 1.54) is 0 Å². The SMILES string of the molecule is Cn1c(S(=O)(=O)Cc2ccccc2)cc2ccccc21. The summed E-state index contributed by atoms with van der Waals surface area (Å²) >= 11 is 0. The van der Waals surface area contributed by atoms with Crippen LogP contribution < -0.4 is 0 Å². The van der Waals surface area contributed by atoms with Gasteiger partial charge in [-0.1, -0.05) is 48.5 Å². The molecular formula is C16H15NO2S. The van der Waals surface area contributed by atoms with Crippen molar-refractivity contribution in [2.75, 3.05) is 0 Å². The van der Waals surface area contributed by atoms with Crippen molar-refractivity contribution in [1.29, 1.82) is 0 Å². The Hall–Kier alpha value is -2.07. The highest BCUT2D eigenvalue weighted by Crippen LogP contribution is 2.24. The van der Waals surface area contributed by atoms with Crippen LogP contribution in [0.3, 0.4) is 0 Å². The van der Waals surface area contributed by atoms with Gasteiger partial charge in [0.15, 0.2) is 9.84 Å². The zero-order valence-electron chi connectivity index (χ0n) is 11.2.